The second kappa shape index (κ2) is 29.1. The maximum absolute atomic E-state index is 6.52. The lowest BCUT2D eigenvalue weighted by atomic mass is 9.47. The molecule has 0 aromatic heterocycles. The lowest BCUT2D eigenvalue weighted by Crippen LogP contribution is -2.51. The lowest BCUT2D eigenvalue weighted by Gasteiger charge is -2.58. The highest BCUT2D eigenvalue weighted by Crippen LogP contribution is 2.67. The third kappa shape index (κ3) is 16.9. The summed E-state index contributed by atoms with van der Waals surface area (Å²) in [6, 6.07) is 0. The Bertz CT molecular complexity index is 1230. The minimum atomic E-state index is 0.123. The number of hydrogen-bond acceptors (Lipinski definition) is 5. The second-order valence-corrected chi connectivity index (χ2v) is 22.5. The van der Waals surface area contributed by atoms with Crippen molar-refractivity contribution in [1.29, 1.82) is 0 Å². The molecule has 4 aliphatic carbocycles. The minimum absolute atomic E-state index is 0.123. The predicted octanol–water partition coefficient (Wildman–Crippen LogP) is 15.4. The molecule has 5 nitrogen and oxygen atoms in total. The first-order valence-electron chi connectivity index (χ1n) is 27.7. The van der Waals surface area contributed by atoms with Crippen molar-refractivity contribution in [1.82, 2.24) is 4.90 Å². The Morgan fingerprint density at radius 3 is 2.15 bits per heavy atom. The fourth-order valence-electron chi connectivity index (χ4n) is 13.7. The number of fused-ring (bicyclic) bond motifs is 5. The van der Waals surface area contributed by atoms with Gasteiger partial charge >= 0.3 is 0 Å². The maximum Gasteiger partial charge on any atom is 0.0936 e. The van der Waals surface area contributed by atoms with Crippen LogP contribution < -0.4 is 0 Å². The van der Waals surface area contributed by atoms with Gasteiger partial charge in [0, 0.05) is 13.2 Å². The molecule has 0 radical (unpaired) electrons. The fourth-order valence-corrected chi connectivity index (χ4v) is 13.7. The van der Waals surface area contributed by atoms with Gasteiger partial charge in [0.1, 0.15) is 0 Å². The van der Waals surface area contributed by atoms with Crippen molar-refractivity contribution in [3.63, 3.8) is 0 Å². The van der Waals surface area contributed by atoms with Crippen LogP contribution in [0.15, 0.2) is 23.8 Å². The number of nitrogens with zero attached hydrogens (tertiary/aromatic N) is 1. The molecule has 0 aromatic carbocycles. The van der Waals surface area contributed by atoms with Gasteiger partial charge in [0.25, 0.3) is 0 Å². The molecule has 3 saturated carbocycles. The van der Waals surface area contributed by atoms with E-state index in [1.165, 1.54) is 180 Å². The van der Waals surface area contributed by atoms with Gasteiger partial charge in [-0.1, -0.05) is 149 Å². The van der Waals surface area contributed by atoms with Crippen LogP contribution in [-0.4, -0.2) is 76.4 Å². The molecule has 1 unspecified atom stereocenters. The Balaban J connectivity index is 0.907. The summed E-state index contributed by atoms with van der Waals surface area (Å²) in [6.45, 7) is 22.6. The molecule has 0 N–H and O–H groups in total. The largest absolute Gasteiger partial charge is 0.379 e. The number of ether oxygens (including phenoxy) is 4. The number of likely N-dealkylation sites (tertiary alicyclic amines) is 1. The second-order valence-electron chi connectivity index (χ2n) is 22.5. The SMILES string of the molecule is CCCCCCCC/C=C\CCCCCCCCOCC(CN1CCCCC1)OCCOCCO[C@H]1CC[C@@]2(C)C(=CC[C@H]3[C@@H]4CC[C@H]([C@H](C)CCCC(C)C)[C@@]4(C)CC[C@@H]32)C1. The summed E-state index contributed by atoms with van der Waals surface area (Å²) in [7, 11) is 0. The van der Waals surface area contributed by atoms with Gasteiger partial charge in [0.15, 0.2) is 0 Å². The fraction of sp³-hybridized carbons (Fsp3) is 0.930. The molecule has 4 fully saturated rings. The van der Waals surface area contributed by atoms with Crippen molar-refractivity contribution in [3.05, 3.63) is 23.8 Å². The summed E-state index contributed by atoms with van der Waals surface area (Å²) in [5, 5.41) is 0. The van der Waals surface area contributed by atoms with Crippen LogP contribution in [0.5, 0.6) is 0 Å². The first-order chi connectivity index (χ1) is 30.2. The lowest BCUT2D eigenvalue weighted by molar-refractivity contribution is -0.0737. The van der Waals surface area contributed by atoms with Crippen molar-refractivity contribution in [3.8, 4) is 0 Å². The summed E-state index contributed by atoms with van der Waals surface area (Å²) < 4.78 is 25.2. The standard InChI is InChI=1S/C57H103NO4/c1-7-8-9-10-11-12-13-14-15-16-17-18-19-20-21-25-39-60-46-51(45-58-37-23-22-24-38-58)62-43-41-59-40-42-61-50-33-35-56(5)49(44-50)29-30-52-54-32-31-53(48(4)28-26-27-47(2)3)57(54,6)36-34-55(52)56/h14-15,29,47-48,50-55H,7-13,16-28,30-46H2,1-6H3/b15-14-/t48-,50+,51?,52+,53-,54+,55+,56+,57-/m1/s1. The van der Waals surface area contributed by atoms with E-state index in [0.717, 1.165) is 61.5 Å². The molecule has 1 aliphatic heterocycles. The van der Waals surface area contributed by atoms with Crippen LogP contribution in [0.3, 0.4) is 0 Å². The molecule has 0 amide bonds. The van der Waals surface area contributed by atoms with E-state index in [4.69, 9.17) is 18.9 Å². The van der Waals surface area contributed by atoms with Crippen LogP contribution in [-0.2, 0) is 18.9 Å². The molecule has 0 aromatic rings. The normalized spacial score (nSPS) is 30.0. The van der Waals surface area contributed by atoms with E-state index >= 15 is 0 Å². The average Bonchev–Trinajstić information content (AvgIpc) is 3.63. The summed E-state index contributed by atoms with van der Waals surface area (Å²) in [4.78, 5) is 2.58. The summed E-state index contributed by atoms with van der Waals surface area (Å²) >= 11 is 0. The van der Waals surface area contributed by atoms with Gasteiger partial charge in [0.2, 0.25) is 0 Å². The zero-order valence-corrected chi connectivity index (χ0v) is 42.1. The van der Waals surface area contributed by atoms with Gasteiger partial charge in [-0.2, -0.15) is 0 Å². The molecule has 5 heteroatoms. The maximum atomic E-state index is 6.52. The van der Waals surface area contributed by atoms with Crippen molar-refractivity contribution in [2.75, 3.05) is 59.3 Å². The molecule has 0 spiro atoms. The van der Waals surface area contributed by atoms with Crippen molar-refractivity contribution >= 4 is 0 Å². The van der Waals surface area contributed by atoms with Crippen LogP contribution in [0.2, 0.25) is 0 Å². The average molecular weight is 866 g/mol. The Kier molecular flexibility index (Phi) is 24.5. The summed E-state index contributed by atoms with van der Waals surface area (Å²) in [5.74, 6) is 5.37. The zero-order chi connectivity index (χ0) is 43.9. The zero-order valence-electron chi connectivity index (χ0n) is 42.1. The molecular weight excluding hydrogens is 763 g/mol. The molecule has 62 heavy (non-hydrogen) atoms. The molecule has 0 bridgehead atoms. The van der Waals surface area contributed by atoms with Crippen LogP contribution >= 0.6 is 0 Å². The van der Waals surface area contributed by atoms with Gasteiger partial charge in [-0.3, -0.25) is 0 Å². The topological polar surface area (TPSA) is 40.2 Å². The third-order valence-corrected chi connectivity index (χ3v) is 17.4. The summed E-state index contributed by atoms with van der Waals surface area (Å²) in [6.07, 6.45) is 45.9. The third-order valence-electron chi connectivity index (χ3n) is 17.4. The van der Waals surface area contributed by atoms with E-state index in [1.54, 1.807) is 5.57 Å². The monoisotopic (exact) mass is 866 g/mol. The van der Waals surface area contributed by atoms with E-state index in [1.807, 2.05) is 0 Å². The molecule has 5 aliphatic rings. The first-order valence-corrected chi connectivity index (χ1v) is 27.7. The number of rotatable bonds is 33. The van der Waals surface area contributed by atoms with Gasteiger partial charge in [-0.25, -0.2) is 0 Å². The van der Waals surface area contributed by atoms with Crippen molar-refractivity contribution < 1.29 is 18.9 Å². The van der Waals surface area contributed by atoms with E-state index in [2.05, 4.69) is 64.7 Å². The minimum Gasteiger partial charge on any atom is -0.379 e. The van der Waals surface area contributed by atoms with Crippen molar-refractivity contribution in [2.45, 2.75) is 234 Å². The van der Waals surface area contributed by atoms with Gasteiger partial charge in [-0.05, 0) is 156 Å². The van der Waals surface area contributed by atoms with Gasteiger partial charge in [0.05, 0.1) is 45.2 Å². The van der Waals surface area contributed by atoms with Crippen LogP contribution in [0, 0.1) is 46.3 Å². The van der Waals surface area contributed by atoms with Crippen LogP contribution in [0.1, 0.15) is 221 Å². The molecular formula is C57H103NO4. The number of allylic oxidation sites excluding steroid dienone is 3. The number of unbranched alkanes of at least 4 members (excludes halogenated alkanes) is 12. The van der Waals surface area contributed by atoms with E-state index in [-0.39, 0.29) is 6.10 Å². The smallest absolute Gasteiger partial charge is 0.0936 e. The predicted molar refractivity (Wildman–Crippen MR) is 264 cm³/mol. The highest BCUT2D eigenvalue weighted by molar-refractivity contribution is 5.25. The summed E-state index contributed by atoms with van der Waals surface area (Å²) in [5.41, 5.74) is 2.69. The molecule has 9 atom stereocenters. The van der Waals surface area contributed by atoms with E-state index in [9.17, 15) is 0 Å². The number of piperidine rings is 1. The van der Waals surface area contributed by atoms with E-state index in [0.29, 0.717) is 50.0 Å². The first kappa shape index (κ1) is 52.3. The van der Waals surface area contributed by atoms with Gasteiger partial charge < -0.3 is 23.8 Å². The quantitative estimate of drug-likeness (QED) is 0.0485. The molecule has 1 saturated heterocycles. The van der Waals surface area contributed by atoms with Crippen LogP contribution in [0.4, 0.5) is 0 Å². The number of hydrogen-bond donors (Lipinski definition) is 0. The Morgan fingerprint density at radius 2 is 1.40 bits per heavy atom. The van der Waals surface area contributed by atoms with Crippen LogP contribution in [0.25, 0.3) is 0 Å². The molecule has 5 rings (SSSR count). The molecule has 360 valence electrons. The van der Waals surface area contributed by atoms with E-state index < -0.39 is 0 Å². The Labute approximate surface area is 385 Å². The highest BCUT2D eigenvalue weighted by atomic mass is 16.6. The highest BCUT2D eigenvalue weighted by Gasteiger charge is 2.59. The van der Waals surface area contributed by atoms with Gasteiger partial charge in [-0.15, -0.1) is 0 Å². The molecule has 1 heterocycles. The Morgan fingerprint density at radius 1 is 0.694 bits per heavy atom. The Hall–Kier alpha value is -0.720. The van der Waals surface area contributed by atoms with Crippen molar-refractivity contribution in [2.24, 2.45) is 46.3 Å².